The first-order valence-corrected chi connectivity index (χ1v) is 5.93. The monoisotopic (exact) mass is 243 g/mol. The molecule has 0 saturated carbocycles. The average molecular weight is 243 g/mol. The summed E-state index contributed by atoms with van der Waals surface area (Å²) in [6.45, 7) is 5.75. The van der Waals surface area contributed by atoms with Crippen molar-refractivity contribution >= 4 is 0 Å². The molecule has 18 heavy (non-hydrogen) atoms. The Kier molecular flexibility index (Phi) is 3.34. The maximum absolute atomic E-state index is 11.6. The minimum Gasteiger partial charge on any atom is -0.391 e. The Hall–Kier alpha value is -1.87. The number of hydrogen-bond donors (Lipinski definition) is 1. The molecule has 0 fully saturated rings. The highest BCUT2D eigenvalue weighted by atomic mass is 16.3. The van der Waals surface area contributed by atoms with Crippen LogP contribution in [0.4, 0.5) is 0 Å². The van der Waals surface area contributed by atoms with E-state index < -0.39 is 0 Å². The summed E-state index contributed by atoms with van der Waals surface area (Å²) in [5.74, 6) is 0. The van der Waals surface area contributed by atoms with E-state index in [-0.39, 0.29) is 12.0 Å². The molecule has 3 heteroatoms. The second-order valence-electron chi connectivity index (χ2n) is 4.62. The molecule has 0 aliphatic heterocycles. The van der Waals surface area contributed by atoms with Crippen molar-refractivity contribution in [3.63, 3.8) is 0 Å². The molecule has 1 aromatic carbocycles. The lowest BCUT2D eigenvalue weighted by molar-refractivity contribution is 0.280. The van der Waals surface area contributed by atoms with E-state index >= 15 is 0 Å². The van der Waals surface area contributed by atoms with Crippen LogP contribution >= 0.6 is 0 Å². The second kappa shape index (κ2) is 4.78. The van der Waals surface area contributed by atoms with Gasteiger partial charge in [-0.05, 0) is 32.4 Å². The molecule has 1 aromatic heterocycles. The van der Waals surface area contributed by atoms with E-state index in [0.717, 1.165) is 16.9 Å². The van der Waals surface area contributed by atoms with Crippen molar-refractivity contribution < 1.29 is 5.11 Å². The summed E-state index contributed by atoms with van der Waals surface area (Å²) in [7, 11) is 0. The van der Waals surface area contributed by atoms with E-state index in [2.05, 4.69) is 6.07 Å². The maximum atomic E-state index is 11.6. The molecular formula is C15H17NO2. The van der Waals surface area contributed by atoms with E-state index in [4.69, 9.17) is 0 Å². The van der Waals surface area contributed by atoms with Gasteiger partial charge in [0.05, 0.1) is 6.61 Å². The molecule has 0 amide bonds. The van der Waals surface area contributed by atoms with Gasteiger partial charge in [-0.15, -0.1) is 0 Å². The zero-order chi connectivity index (χ0) is 13.3. The van der Waals surface area contributed by atoms with Gasteiger partial charge in [0.25, 0.3) is 0 Å². The van der Waals surface area contributed by atoms with Gasteiger partial charge in [0.15, 0.2) is 5.43 Å². The van der Waals surface area contributed by atoms with Gasteiger partial charge in [-0.3, -0.25) is 4.79 Å². The lowest BCUT2D eigenvalue weighted by atomic mass is 10.1. The number of hydrogen-bond acceptors (Lipinski definition) is 2. The first-order valence-electron chi connectivity index (χ1n) is 5.93. The molecule has 0 bridgehead atoms. The third kappa shape index (κ3) is 2.22. The quantitative estimate of drug-likeness (QED) is 0.879. The lowest BCUT2D eigenvalue weighted by Crippen LogP contribution is -2.14. The van der Waals surface area contributed by atoms with Crippen LogP contribution in [0.5, 0.6) is 0 Å². The van der Waals surface area contributed by atoms with Gasteiger partial charge in [-0.25, -0.2) is 0 Å². The fourth-order valence-corrected chi connectivity index (χ4v) is 2.13. The highest BCUT2D eigenvalue weighted by Crippen LogP contribution is 2.17. The Morgan fingerprint density at radius 2 is 1.89 bits per heavy atom. The van der Waals surface area contributed by atoms with Crippen molar-refractivity contribution in [3.05, 3.63) is 63.1 Å². The molecule has 3 nitrogen and oxygen atoms in total. The van der Waals surface area contributed by atoms with Crippen molar-refractivity contribution in [2.75, 3.05) is 0 Å². The minimum atomic E-state index is -0.232. The van der Waals surface area contributed by atoms with E-state index in [0.29, 0.717) is 5.56 Å². The molecule has 0 aliphatic rings. The zero-order valence-corrected chi connectivity index (χ0v) is 10.9. The summed E-state index contributed by atoms with van der Waals surface area (Å²) in [4.78, 5) is 11.6. The SMILES string of the molecule is Cc1ccc(-n2cc(CO)c(=O)cc2C)c(C)c1. The molecule has 0 spiro atoms. The molecule has 2 aromatic rings. The fraction of sp³-hybridized carbons (Fsp3) is 0.267. The average Bonchev–Trinajstić information content (AvgIpc) is 2.30. The van der Waals surface area contributed by atoms with Crippen molar-refractivity contribution in [2.24, 2.45) is 0 Å². The molecule has 0 saturated heterocycles. The van der Waals surface area contributed by atoms with Gasteiger partial charge in [0.2, 0.25) is 0 Å². The zero-order valence-electron chi connectivity index (χ0n) is 10.9. The van der Waals surface area contributed by atoms with Gasteiger partial charge in [0.1, 0.15) is 0 Å². The number of aryl methyl sites for hydroxylation is 3. The first-order chi connectivity index (χ1) is 8.52. The molecule has 0 unspecified atom stereocenters. The summed E-state index contributed by atoms with van der Waals surface area (Å²) in [6.07, 6.45) is 1.72. The van der Waals surface area contributed by atoms with E-state index in [1.54, 1.807) is 12.3 Å². The Morgan fingerprint density at radius 3 is 2.50 bits per heavy atom. The highest BCUT2D eigenvalue weighted by Gasteiger charge is 2.07. The molecule has 94 valence electrons. The summed E-state index contributed by atoms with van der Waals surface area (Å²) >= 11 is 0. The van der Waals surface area contributed by atoms with Gasteiger partial charge in [-0.2, -0.15) is 0 Å². The highest BCUT2D eigenvalue weighted by molar-refractivity contribution is 5.44. The van der Waals surface area contributed by atoms with Gasteiger partial charge in [0, 0.05) is 29.2 Å². The number of benzene rings is 1. The Morgan fingerprint density at radius 1 is 1.17 bits per heavy atom. The van der Waals surface area contributed by atoms with Crippen LogP contribution in [0.2, 0.25) is 0 Å². The third-order valence-corrected chi connectivity index (χ3v) is 3.10. The molecule has 0 aliphatic carbocycles. The summed E-state index contributed by atoms with van der Waals surface area (Å²) < 4.78 is 1.95. The minimum absolute atomic E-state index is 0.115. The number of aliphatic hydroxyl groups is 1. The van der Waals surface area contributed by atoms with Gasteiger partial charge < -0.3 is 9.67 Å². The molecular weight excluding hydrogens is 226 g/mol. The fourth-order valence-electron chi connectivity index (χ4n) is 2.13. The van der Waals surface area contributed by atoms with E-state index in [1.165, 1.54) is 5.56 Å². The maximum Gasteiger partial charge on any atom is 0.187 e. The number of nitrogens with zero attached hydrogens (tertiary/aromatic N) is 1. The number of aromatic nitrogens is 1. The van der Waals surface area contributed by atoms with Crippen molar-refractivity contribution in [2.45, 2.75) is 27.4 Å². The first kappa shape index (κ1) is 12.6. The number of aliphatic hydroxyl groups excluding tert-OH is 1. The number of pyridine rings is 1. The standard InChI is InChI=1S/C15H17NO2/c1-10-4-5-14(11(2)6-10)16-8-13(9-17)15(18)7-12(16)3/h4-8,17H,9H2,1-3H3. The van der Waals surface area contributed by atoms with Gasteiger partial charge in [-0.1, -0.05) is 17.7 Å². The van der Waals surface area contributed by atoms with Crippen LogP contribution in [-0.2, 0) is 6.61 Å². The van der Waals surface area contributed by atoms with Crippen LogP contribution < -0.4 is 5.43 Å². The Balaban J connectivity index is 2.67. The van der Waals surface area contributed by atoms with Crippen LogP contribution in [0, 0.1) is 20.8 Å². The Bertz CT molecular complexity index is 641. The summed E-state index contributed by atoms with van der Waals surface area (Å²) in [5, 5.41) is 9.18. The largest absolute Gasteiger partial charge is 0.391 e. The summed E-state index contributed by atoms with van der Waals surface area (Å²) in [6, 6.07) is 7.73. The number of rotatable bonds is 2. The van der Waals surface area contributed by atoms with Crippen molar-refractivity contribution in [3.8, 4) is 5.69 Å². The topological polar surface area (TPSA) is 42.2 Å². The normalized spacial score (nSPS) is 10.7. The molecule has 0 atom stereocenters. The predicted octanol–water partition coefficient (Wildman–Crippen LogP) is 2.26. The van der Waals surface area contributed by atoms with Crippen LogP contribution in [0.1, 0.15) is 22.4 Å². The molecule has 0 radical (unpaired) electrons. The van der Waals surface area contributed by atoms with E-state index in [1.807, 2.05) is 37.5 Å². The van der Waals surface area contributed by atoms with Crippen LogP contribution in [0.3, 0.4) is 0 Å². The second-order valence-corrected chi connectivity index (χ2v) is 4.62. The summed E-state index contributed by atoms with van der Waals surface area (Å²) in [5.41, 5.74) is 4.55. The third-order valence-electron chi connectivity index (χ3n) is 3.10. The van der Waals surface area contributed by atoms with Crippen LogP contribution in [-0.4, -0.2) is 9.67 Å². The van der Waals surface area contributed by atoms with Crippen LogP contribution in [0.25, 0.3) is 5.69 Å². The van der Waals surface area contributed by atoms with E-state index in [9.17, 15) is 9.90 Å². The predicted molar refractivity (Wildman–Crippen MR) is 72.2 cm³/mol. The smallest absolute Gasteiger partial charge is 0.187 e. The van der Waals surface area contributed by atoms with Crippen molar-refractivity contribution in [1.29, 1.82) is 0 Å². The van der Waals surface area contributed by atoms with Crippen LogP contribution in [0.15, 0.2) is 35.3 Å². The molecule has 1 N–H and O–H groups in total. The molecule has 1 heterocycles. The van der Waals surface area contributed by atoms with Crippen molar-refractivity contribution in [1.82, 2.24) is 4.57 Å². The lowest BCUT2D eigenvalue weighted by Gasteiger charge is -2.15. The Labute approximate surface area is 106 Å². The molecule has 2 rings (SSSR count). The van der Waals surface area contributed by atoms with Gasteiger partial charge >= 0.3 is 0 Å².